The van der Waals surface area contributed by atoms with Crippen molar-refractivity contribution in [1.29, 1.82) is 0 Å². The molecule has 0 saturated carbocycles. The van der Waals surface area contributed by atoms with Crippen LogP contribution in [0, 0.1) is 24.8 Å². The lowest BCUT2D eigenvalue weighted by Gasteiger charge is -2.16. The molecule has 2 aliphatic carbocycles. The van der Waals surface area contributed by atoms with Crippen molar-refractivity contribution in [1.82, 2.24) is 0 Å². The fourth-order valence-corrected chi connectivity index (χ4v) is 7.77. The molecule has 6 rings (SSSR count). The molecule has 4 aromatic carbocycles. The van der Waals surface area contributed by atoms with Crippen LogP contribution in [-0.2, 0) is 32.5 Å². The predicted octanol–water partition coefficient (Wildman–Crippen LogP) is 7.53. The lowest BCUT2D eigenvalue weighted by molar-refractivity contribution is -0.0146. The smallest absolute Gasteiger partial charge is 0.271 e. The van der Waals surface area contributed by atoms with Gasteiger partial charge >= 0.3 is 0 Å². The Kier molecular flexibility index (Phi) is 9.85. The SMILES string of the molecule is [C-]#[N+]c1cc(F)cc(Oc2ccc(S(C)(=O)=O)c3c2CC(F)(F)C3N)c1.[C-]#[N+]c1cc(F)cc(Oc2ccc(S(C)(=O)=O)c3c2CC(F)(F)C3N)c1. The van der Waals surface area contributed by atoms with E-state index in [1.807, 2.05) is 0 Å². The molecular weight excluding hydrogens is 739 g/mol. The van der Waals surface area contributed by atoms with Crippen LogP contribution in [0.1, 0.15) is 34.3 Å². The lowest BCUT2D eigenvalue weighted by Crippen LogP contribution is -2.29. The predicted molar refractivity (Wildman–Crippen MR) is 176 cm³/mol. The second-order valence-corrected chi connectivity index (χ2v) is 16.0. The van der Waals surface area contributed by atoms with Gasteiger partial charge < -0.3 is 20.9 Å². The van der Waals surface area contributed by atoms with Gasteiger partial charge in [-0.05, 0) is 48.5 Å². The molecule has 0 saturated heterocycles. The first-order valence-corrected chi connectivity index (χ1v) is 18.5. The Morgan fingerprint density at radius 3 is 1.31 bits per heavy atom. The summed E-state index contributed by atoms with van der Waals surface area (Å²) < 4.78 is 142. The van der Waals surface area contributed by atoms with E-state index >= 15 is 0 Å². The van der Waals surface area contributed by atoms with Gasteiger partial charge in [-0.15, -0.1) is 0 Å². The first kappa shape index (κ1) is 38.1. The Bertz CT molecular complexity index is 2260. The highest BCUT2D eigenvalue weighted by atomic mass is 32.2. The zero-order valence-electron chi connectivity index (χ0n) is 26.9. The monoisotopic (exact) mass is 764 g/mol. The van der Waals surface area contributed by atoms with Crippen molar-refractivity contribution >= 4 is 31.0 Å². The Balaban J connectivity index is 0.000000201. The van der Waals surface area contributed by atoms with E-state index in [-0.39, 0.29) is 66.4 Å². The van der Waals surface area contributed by atoms with Crippen LogP contribution in [0.25, 0.3) is 9.69 Å². The fraction of sp³-hybridized carbons (Fsp3) is 0.235. The summed E-state index contributed by atoms with van der Waals surface area (Å²) in [6.07, 6.45) is 0.211. The third kappa shape index (κ3) is 7.56. The molecule has 2 unspecified atom stereocenters. The van der Waals surface area contributed by atoms with Gasteiger partial charge in [-0.2, -0.15) is 0 Å². The highest BCUT2D eigenvalue weighted by Gasteiger charge is 2.50. The third-order valence-electron chi connectivity index (χ3n) is 8.13. The number of nitrogens with zero attached hydrogens (tertiary/aromatic N) is 2. The lowest BCUT2D eigenvalue weighted by atomic mass is 10.1. The Morgan fingerprint density at radius 2 is 1.00 bits per heavy atom. The molecule has 0 radical (unpaired) electrons. The van der Waals surface area contributed by atoms with Crippen molar-refractivity contribution in [3.05, 3.63) is 117 Å². The van der Waals surface area contributed by atoms with Gasteiger partial charge in [-0.3, -0.25) is 0 Å². The molecule has 10 nitrogen and oxygen atoms in total. The van der Waals surface area contributed by atoms with E-state index in [1.165, 1.54) is 24.3 Å². The van der Waals surface area contributed by atoms with Crippen LogP contribution >= 0.6 is 0 Å². The van der Waals surface area contributed by atoms with Crippen LogP contribution in [0.5, 0.6) is 23.0 Å². The van der Waals surface area contributed by atoms with E-state index in [1.54, 1.807) is 0 Å². The van der Waals surface area contributed by atoms with Crippen molar-refractivity contribution in [3.8, 4) is 23.0 Å². The van der Waals surface area contributed by atoms with Crippen molar-refractivity contribution in [3.63, 3.8) is 0 Å². The van der Waals surface area contributed by atoms with Gasteiger partial charge in [0.25, 0.3) is 11.8 Å². The molecule has 0 amide bonds. The maximum absolute atomic E-state index is 14.1. The second-order valence-electron chi connectivity index (χ2n) is 12.0. The van der Waals surface area contributed by atoms with Crippen LogP contribution in [0.15, 0.2) is 70.5 Å². The first-order valence-electron chi connectivity index (χ1n) is 14.8. The molecule has 18 heteroatoms. The maximum atomic E-state index is 14.1. The molecule has 0 aromatic heterocycles. The van der Waals surface area contributed by atoms with Crippen molar-refractivity contribution < 1.29 is 52.7 Å². The minimum atomic E-state index is -3.79. The molecule has 4 aromatic rings. The summed E-state index contributed by atoms with van der Waals surface area (Å²) in [4.78, 5) is 5.62. The summed E-state index contributed by atoms with van der Waals surface area (Å²) in [5.41, 5.74) is 10.6. The summed E-state index contributed by atoms with van der Waals surface area (Å²) in [6, 6.07) is 7.64. The average Bonchev–Trinajstić information content (AvgIpc) is 3.43. The largest absolute Gasteiger partial charge is 0.458 e. The van der Waals surface area contributed by atoms with E-state index in [9.17, 15) is 43.2 Å². The number of sulfone groups is 2. The van der Waals surface area contributed by atoms with Gasteiger partial charge in [0.05, 0.1) is 35.0 Å². The van der Waals surface area contributed by atoms with E-state index < -0.39 is 68.1 Å². The van der Waals surface area contributed by atoms with Gasteiger partial charge in [0.15, 0.2) is 31.0 Å². The molecule has 0 fully saturated rings. The minimum absolute atomic E-state index is 0.0218. The Morgan fingerprint density at radius 1 is 0.654 bits per heavy atom. The Hall–Kier alpha value is -5.14. The van der Waals surface area contributed by atoms with Gasteiger partial charge in [-0.1, -0.05) is 0 Å². The topological polar surface area (TPSA) is 148 Å². The van der Waals surface area contributed by atoms with Crippen LogP contribution in [0.2, 0.25) is 0 Å². The molecule has 0 aliphatic heterocycles. The van der Waals surface area contributed by atoms with Gasteiger partial charge in [0.1, 0.15) is 34.6 Å². The van der Waals surface area contributed by atoms with E-state index in [0.717, 1.165) is 48.9 Å². The standard InChI is InChI=1S/2C17H13F3N2O3S/c2*1-22-10-5-9(18)6-11(7-10)25-13-3-4-14(26(2,23)24)15-12(13)8-17(19,20)16(15)21/h2*3-7,16H,8,21H2,2H3. The highest BCUT2D eigenvalue weighted by molar-refractivity contribution is 7.91. The molecule has 52 heavy (non-hydrogen) atoms. The Labute approximate surface area is 294 Å². The van der Waals surface area contributed by atoms with Gasteiger partial charge in [0.2, 0.25) is 0 Å². The third-order valence-corrected chi connectivity index (χ3v) is 10.4. The van der Waals surface area contributed by atoms with Gasteiger partial charge in [0, 0.05) is 59.7 Å². The quantitative estimate of drug-likeness (QED) is 0.151. The minimum Gasteiger partial charge on any atom is -0.458 e. The fourth-order valence-electron chi connectivity index (χ4n) is 5.84. The normalized spacial score (nSPS) is 18.2. The van der Waals surface area contributed by atoms with Crippen molar-refractivity contribution in [2.45, 2.75) is 46.6 Å². The highest BCUT2D eigenvalue weighted by Crippen LogP contribution is 2.50. The molecule has 0 bridgehead atoms. The molecule has 4 N–H and O–H groups in total. The number of hydrogen-bond acceptors (Lipinski definition) is 8. The molecule has 0 spiro atoms. The number of nitrogens with two attached hydrogens (primary N) is 2. The summed E-state index contributed by atoms with van der Waals surface area (Å²) in [5, 5.41) is 0. The number of halogens is 6. The zero-order valence-corrected chi connectivity index (χ0v) is 28.6. The van der Waals surface area contributed by atoms with E-state index in [0.29, 0.717) is 0 Å². The van der Waals surface area contributed by atoms with E-state index in [2.05, 4.69) is 9.69 Å². The summed E-state index contributed by atoms with van der Waals surface area (Å²) in [7, 11) is -7.57. The molecule has 2 aliphatic rings. The van der Waals surface area contributed by atoms with Crippen LogP contribution in [-0.4, -0.2) is 41.2 Å². The number of benzene rings is 4. The summed E-state index contributed by atoms with van der Waals surface area (Å²) in [6.45, 7) is 13.9. The number of alkyl halides is 4. The first-order chi connectivity index (χ1) is 24.1. The zero-order chi connectivity index (χ0) is 38.6. The number of fused-ring (bicyclic) bond motifs is 2. The van der Waals surface area contributed by atoms with Crippen LogP contribution < -0.4 is 20.9 Å². The van der Waals surface area contributed by atoms with Crippen molar-refractivity contribution in [2.24, 2.45) is 11.5 Å². The van der Waals surface area contributed by atoms with Crippen LogP contribution in [0.4, 0.5) is 37.7 Å². The van der Waals surface area contributed by atoms with Crippen molar-refractivity contribution in [2.75, 3.05) is 12.5 Å². The number of rotatable bonds is 6. The second kappa shape index (κ2) is 13.4. The summed E-state index contributed by atoms with van der Waals surface area (Å²) in [5.74, 6) is -8.36. The van der Waals surface area contributed by atoms with Gasteiger partial charge in [-0.25, -0.2) is 52.9 Å². The van der Waals surface area contributed by atoms with Crippen LogP contribution in [0.3, 0.4) is 0 Å². The maximum Gasteiger partial charge on any atom is 0.271 e. The average molecular weight is 765 g/mol. The summed E-state index contributed by atoms with van der Waals surface area (Å²) >= 11 is 0. The number of hydrogen-bond donors (Lipinski definition) is 2. The number of ether oxygens (including phenoxy) is 2. The molecule has 0 heterocycles. The molecular formula is C34H26F6N4O6S2. The molecule has 272 valence electrons. The van der Waals surface area contributed by atoms with E-state index in [4.69, 9.17) is 34.1 Å². The molecule has 2 atom stereocenters.